The lowest BCUT2D eigenvalue weighted by Crippen LogP contribution is -2.10. The van der Waals surface area contributed by atoms with Gasteiger partial charge in [0.2, 0.25) is 0 Å². The normalized spacial score (nSPS) is 11.7. The van der Waals surface area contributed by atoms with Crippen LogP contribution in [0.3, 0.4) is 0 Å². The van der Waals surface area contributed by atoms with Crippen molar-refractivity contribution in [2.24, 2.45) is 0 Å². The number of benzene rings is 2. The number of allylic oxidation sites excluding steroid dienone is 1. The van der Waals surface area contributed by atoms with Crippen LogP contribution >= 0.6 is 50.5 Å². The molecule has 2 aromatic carbocycles. The largest absolute Gasteiger partial charge is 0.230 e. The van der Waals surface area contributed by atoms with Crippen molar-refractivity contribution in [1.29, 1.82) is 0 Å². The molecule has 164 valence electrons. The number of nitrogens with zero attached hydrogens (tertiary/aromatic N) is 4. The van der Waals surface area contributed by atoms with Crippen LogP contribution in [0, 0.1) is 0 Å². The minimum atomic E-state index is -0.101. The van der Waals surface area contributed by atoms with E-state index in [2.05, 4.69) is 53.5 Å². The molecule has 0 radical (unpaired) electrons. The van der Waals surface area contributed by atoms with Crippen molar-refractivity contribution in [2.75, 3.05) is 0 Å². The number of rotatable bonds is 4. The Balaban J connectivity index is 2.04. The Morgan fingerprint density at radius 2 is 1.75 bits per heavy atom. The van der Waals surface area contributed by atoms with E-state index >= 15 is 0 Å². The summed E-state index contributed by atoms with van der Waals surface area (Å²) in [7, 11) is 0. The highest BCUT2D eigenvalue weighted by Crippen LogP contribution is 2.41. The van der Waals surface area contributed by atoms with Gasteiger partial charge in [-0.25, -0.2) is 4.68 Å². The summed E-state index contributed by atoms with van der Waals surface area (Å²) in [6.45, 7) is 12.6. The minimum absolute atomic E-state index is 0.101. The monoisotopic (exact) mass is 546 g/mol. The van der Waals surface area contributed by atoms with Crippen LogP contribution in [0.2, 0.25) is 10.0 Å². The summed E-state index contributed by atoms with van der Waals surface area (Å²) in [6.07, 6.45) is 0. The van der Waals surface area contributed by atoms with Crippen LogP contribution in [-0.4, -0.2) is 20.0 Å². The van der Waals surface area contributed by atoms with E-state index in [0.29, 0.717) is 10.0 Å². The topological polar surface area (TPSA) is 43.6 Å². The molecule has 0 spiro atoms. The lowest BCUT2D eigenvalue weighted by Gasteiger charge is -2.12. The van der Waals surface area contributed by atoms with Crippen molar-refractivity contribution in [3.05, 3.63) is 74.1 Å². The maximum absolute atomic E-state index is 6.60. The molecule has 0 aliphatic heterocycles. The Kier molecular flexibility index (Phi) is 6.34. The van der Waals surface area contributed by atoms with E-state index in [1.807, 2.05) is 41.9 Å². The zero-order valence-corrected chi connectivity index (χ0v) is 22.0. The first-order valence-corrected chi connectivity index (χ1v) is 12.3. The Morgan fingerprint density at radius 3 is 2.31 bits per heavy atom. The third-order valence-electron chi connectivity index (χ3n) is 4.84. The summed E-state index contributed by atoms with van der Waals surface area (Å²) in [5.41, 5.74) is 5.01. The van der Waals surface area contributed by atoms with E-state index in [0.717, 1.165) is 48.3 Å². The molecule has 0 fully saturated rings. The van der Waals surface area contributed by atoms with E-state index in [9.17, 15) is 0 Å². The fourth-order valence-electron chi connectivity index (χ4n) is 3.30. The molecule has 0 N–H and O–H groups in total. The summed E-state index contributed by atoms with van der Waals surface area (Å²) in [5.74, 6) is 0. The predicted molar refractivity (Wildman–Crippen MR) is 139 cm³/mol. The SMILES string of the molecule is C=C(C)c1c(-c2nnc(C(C)(C)C)s2)nn(-c2ccc(Cl)cc2Cl)c1-c1ccc(Br)cc1. The second kappa shape index (κ2) is 8.75. The van der Waals surface area contributed by atoms with Crippen LogP contribution in [0.4, 0.5) is 0 Å². The van der Waals surface area contributed by atoms with Gasteiger partial charge in [-0.2, -0.15) is 5.10 Å². The summed E-state index contributed by atoms with van der Waals surface area (Å²) in [6, 6.07) is 13.5. The van der Waals surface area contributed by atoms with Gasteiger partial charge in [-0.15, -0.1) is 10.2 Å². The maximum atomic E-state index is 6.60. The van der Waals surface area contributed by atoms with Crippen LogP contribution < -0.4 is 0 Å². The van der Waals surface area contributed by atoms with Gasteiger partial charge in [0.25, 0.3) is 0 Å². The fourth-order valence-corrected chi connectivity index (χ4v) is 4.94. The first-order valence-electron chi connectivity index (χ1n) is 9.91. The molecule has 2 aromatic heterocycles. The predicted octanol–water partition coefficient (Wildman–Crippen LogP) is 8.46. The first-order chi connectivity index (χ1) is 15.1. The second-order valence-corrected chi connectivity index (χ2v) is 11.3. The average molecular weight is 548 g/mol. The Hall–Kier alpha value is -1.99. The minimum Gasteiger partial charge on any atom is -0.230 e. The summed E-state index contributed by atoms with van der Waals surface area (Å²) in [5, 5.41) is 16.7. The smallest absolute Gasteiger partial charge is 0.168 e. The van der Waals surface area contributed by atoms with E-state index < -0.39 is 0 Å². The Labute approximate surface area is 210 Å². The number of hydrogen-bond donors (Lipinski definition) is 0. The van der Waals surface area contributed by atoms with E-state index in [-0.39, 0.29) is 5.41 Å². The van der Waals surface area contributed by atoms with Crippen LogP contribution in [0.5, 0.6) is 0 Å². The van der Waals surface area contributed by atoms with Gasteiger partial charge >= 0.3 is 0 Å². The van der Waals surface area contributed by atoms with Gasteiger partial charge in [-0.1, -0.05) is 90.0 Å². The van der Waals surface area contributed by atoms with Crippen molar-refractivity contribution in [1.82, 2.24) is 20.0 Å². The molecule has 4 aromatic rings. The zero-order chi connectivity index (χ0) is 23.2. The fraction of sp³-hybridized carbons (Fsp3) is 0.208. The molecule has 0 bridgehead atoms. The number of halogens is 3. The molecule has 0 atom stereocenters. The molecule has 2 heterocycles. The van der Waals surface area contributed by atoms with Crippen LogP contribution in [-0.2, 0) is 5.41 Å². The summed E-state index contributed by atoms with van der Waals surface area (Å²) >= 11 is 17.8. The molecule has 0 saturated heterocycles. The summed E-state index contributed by atoms with van der Waals surface area (Å²) < 4.78 is 2.84. The van der Waals surface area contributed by atoms with Gasteiger partial charge in [0, 0.05) is 26.0 Å². The molecular formula is C24H21BrCl2N4S. The number of hydrogen-bond acceptors (Lipinski definition) is 4. The number of aromatic nitrogens is 4. The standard InChI is InChI=1S/C24H21BrCl2N4S/c1-13(2)19-20(22-28-29-23(32-22)24(3,4)5)30-31(18-11-10-16(26)12-17(18)27)21(19)14-6-8-15(25)9-7-14/h6-12H,1H2,2-5H3. The van der Waals surface area contributed by atoms with Crippen molar-refractivity contribution >= 4 is 56.0 Å². The van der Waals surface area contributed by atoms with Gasteiger partial charge in [-0.3, -0.25) is 0 Å². The average Bonchev–Trinajstić information content (AvgIpc) is 3.33. The lowest BCUT2D eigenvalue weighted by molar-refractivity contribution is 0.578. The second-order valence-electron chi connectivity index (χ2n) is 8.53. The highest BCUT2D eigenvalue weighted by Gasteiger charge is 2.27. The van der Waals surface area contributed by atoms with Crippen LogP contribution in [0.1, 0.15) is 38.3 Å². The molecule has 4 rings (SSSR count). The van der Waals surface area contributed by atoms with Gasteiger partial charge in [0.05, 0.1) is 16.4 Å². The van der Waals surface area contributed by atoms with Crippen molar-refractivity contribution in [3.63, 3.8) is 0 Å². The lowest BCUT2D eigenvalue weighted by atomic mass is 9.98. The molecule has 0 aliphatic rings. The van der Waals surface area contributed by atoms with E-state index in [1.165, 1.54) is 0 Å². The van der Waals surface area contributed by atoms with Gasteiger partial charge in [0.1, 0.15) is 10.7 Å². The molecule has 0 saturated carbocycles. The molecular weight excluding hydrogens is 527 g/mol. The molecule has 4 nitrogen and oxygen atoms in total. The summed E-state index contributed by atoms with van der Waals surface area (Å²) in [4.78, 5) is 0. The molecule has 0 unspecified atom stereocenters. The van der Waals surface area contributed by atoms with Gasteiger partial charge in [0.15, 0.2) is 5.01 Å². The Morgan fingerprint density at radius 1 is 1.06 bits per heavy atom. The zero-order valence-electron chi connectivity index (χ0n) is 18.1. The third-order valence-corrected chi connectivity index (χ3v) is 7.26. The third kappa shape index (κ3) is 4.42. The van der Waals surface area contributed by atoms with Gasteiger partial charge < -0.3 is 0 Å². The first kappa shape index (κ1) is 23.2. The molecule has 0 amide bonds. The highest BCUT2D eigenvalue weighted by atomic mass is 79.9. The van der Waals surface area contributed by atoms with Crippen LogP contribution in [0.25, 0.3) is 33.2 Å². The Bertz CT molecular complexity index is 1320. The molecule has 0 aliphatic carbocycles. The quantitative estimate of drug-likeness (QED) is 0.257. The van der Waals surface area contributed by atoms with E-state index in [4.69, 9.17) is 28.3 Å². The van der Waals surface area contributed by atoms with Gasteiger partial charge in [-0.05, 0) is 42.8 Å². The van der Waals surface area contributed by atoms with Crippen LogP contribution in [0.15, 0.2) is 53.5 Å². The van der Waals surface area contributed by atoms with Crippen molar-refractivity contribution in [2.45, 2.75) is 33.1 Å². The van der Waals surface area contributed by atoms with E-state index in [1.54, 1.807) is 23.5 Å². The maximum Gasteiger partial charge on any atom is 0.168 e. The molecule has 32 heavy (non-hydrogen) atoms. The van der Waals surface area contributed by atoms with Crippen molar-refractivity contribution < 1.29 is 0 Å². The highest BCUT2D eigenvalue weighted by molar-refractivity contribution is 9.10. The van der Waals surface area contributed by atoms with Crippen molar-refractivity contribution in [3.8, 4) is 27.6 Å². The molecule has 8 heteroatoms.